The van der Waals surface area contributed by atoms with E-state index in [2.05, 4.69) is 22.4 Å². The van der Waals surface area contributed by atoms with Gasteiger partial charge in [-0.15, -0.1) is 0 Å². The lowest BCUT2D eigenvalue weighted by Crippen LogP contribution is -2.47. The first-order chi connectivity index (χ1) is 18.7. The average molecular weight is 547 g/mol. The molecule has 0 saturated carbocycles. The van der Waals surface area contributed by atoms with Crippen molar-refractivity contribution in [1.82, 2.24) is 19.6 Å². The van der Waals surface area contributed by atoms with Crippen LogP contribution in [0.3, 0.4) is 0 Å². The number of fused-ring (bicyclic) bond motifs is 1. The van der Waals surface area contributed by atoms with Gasteiger partial charge in [-0.1, -0.05) is 24.3 Å². The maximum Gasteiger partial charge on any atom is 0.298 e. The van der Waals surface area contributed by atoms with Gasteiger partial charge in [0.05, 0.1) is 18.5 Å². The first kappa shape index (κ1) is 26.5. The van der Waals surface area contributed by atoms with Crippen molar-refractivity contribution in [3.05, 3.63) is 83.7 Å². The van der Waals surface area contributed by atoms with Gasteiger partial charge in [-0.25, -0.2) is 4.68 Å². The second kappa shape index (κ2) is 10.6. The predicted octanol–water partition coefficient (Wildman–Crippen LogP) is 3.49. The zero-order valence-electron chi connectivity index (χ0n) is 22.0. The number of aromatic nitrogens is 2. The first-order valence-corrected chi connectivity index (χ1v) is 13.9. The fourth-order valence-electron chi connectivity index (χ4n) is 4.63. The molecule has 0 spiro atoms. The Morgan fingerprint density at radius 2 is 1.62 bits per heavy atom. The van der Waals surface area contributed by atoms with Crippen LogP contribution in [-0.2, 0) is 14.3 Å². The zero-order chi connectivity index (χ0) is 27.7. The number of anilines is 1. The largest absolute Gasteiger partial charge is 0.354 e. The first-order valence-electron chi connectivity index (χ1n) is 12.5. The number of amidine groups is 1. The third-order valence-electron chi connectivity index (χ3n) is 6.84. The van der Waals surface area contributed by atoms with Crippen molar-refractivity contribution in [2.24, 2.45) is 0 Å². The smallest absolute Gasteiger partial charge is 0.298 e. The quantitative estimate of drug-likeness (QED) is 0.216. The van der Waals surface area contributed by atoms with Crippen LogP contribution in [0.4, 0.5) is 5.69 Å². The van der Waals surface area contributed by atoms with Crippen LogP contribution in [0, 0.1) is 12.3 Å². The Balaban J connectivity index is 1.44. The molecule has 10 nitrogen and oxygen atoms in total. The molecule has 202 valence electrons. The number of carbonyl (C=O) groups excluding carboxylic acids is 1. The van der Waals surface area contributed by atoms with Crippen molar-refractivity contribution in [3.8, 4) is 5.69 Å². The van der Waals surface area contributed by atoms with E-state index in [1.165, 1.54) is 10.7 Å². The number of carbonyl (C=O) groups is 1. The summed E-state index contributed by atoms with van der Waals surface area (Å²) in [5.41, 5.74) is 2.24. The summed E-state index contributed by atoms with van der Waals surface area (Å²) >= 11 is 0. The molecular formula is C28H30N6O4S. The molecule has 1 saturated heterocycles. The number of nitrogens with zero attached hydrogens (tertiary/aromatic N) is 4. The number of hydrogen-bond donors (Lipinski definition) is 2. The Morgan fingerprint density at radius 3 is 2.26 bits per heavy atom. The molecule has 2 N–H and O–H groups in total. The van der Waals surface area contributed by atoms with E-state index in [0.717, 1.165) is 44.2 Å². The molecule has 1 fully saturated rings. The summed E-state index contributed by atoms with van der Waals surface area (Å²) in [6.45, 7) is 5.15. The SMILES string of the molecule is COS(=O)(=O)c1cc2ccccc2cc1-n1nc(C)cc1C(=O)Nc1ccc(C(=N)N2CCN(C)CC2)cc1. The van der Waals surface area contributed by atoms with Gasteiger partial charge in [-0.2, -0.15) is 13.5 Å². The molecule has 0 atom stereocenters. The maximum absolute atomic E-state index is 13.4. The third-order valence-corrected chi connectivity index (χ3v) is 8.15. The number of aryl methyl sites for hydroxylation is 1. The van der Waals surface area contributed by atoms with Crippen molar-refractivity contribution < 1.29 is 17.4 Å². The van der Waals surface area contributed by atoms with Gasteiger partial charge in [0.2, 0.25) is 0 Å². The summed E-state index contributed by atoms with van der Waals surface area (Å²) < 4.78 is 31.9. The van der Waals surface area contributed by atoms with Crippen molar-refractivity contribution in [1.29, 1.82) is 5.41 Å². The number of likely N-dealkylation sites (N-methyl/N-ethyl adjacent to an activating group) is 1. The van der Waals surface area contributed by atoms with Crippen LogP contribution in [0.2, 0.25) is 0 Å². The molecule has 4 aromatic rings. The summed E-state index contributed by atoms with van der Waals surface area (Å²) in [5.74, 6) is 0.00396. The molecule has 0 radical (unpaired) electrons. The summed E-state index contributed by atoms with van der Waals surface area (Å²) in [4.78, 5) is 17.6. The summed E-state index contributed by atoms with van der Waals surface area (Å²) in [6.07, 6.45) is 0. The Morgan fingerprint density at radius 1 is 0.974 bits per heavy atom. The highest BCUT2D eigenvalue weighted by atomic mass is 32.2. The number of amides is 1. The minimum atomic E-state index is -4.11. The Bertz CT molecular complexity index is 1660. The van der Waals surface area contributed by atoms with Crippen LogP contribution >= 0.6 is 0 Å². The van der Waals surface area contributed by atoms with Crippen molar-refractivity contribution >= 4 is 38.3 Å². The van der Waals surface area contributed by atoms with Gasteiger partial charge >= 0.3 is 0 Å². The fraction of sp³-hybridized carbons (Fsp3) is 0.250. The van der Waals surface area contributed by atoms with Crippen molar-refractivity contribution in [2.45, 2.75) is 11.8 Å². The van der Waals surface area contributed by atoms with Crippen LogP contribution in [-0.4, -0.2) is 80.1 Å². The molecule has 1 aliphatic rings. The summed E-state index contributed by atoms with van der Waals surface area (Å²) in [6, 6.07) is 19.3. The van der Waals surface area contributed by atoms with E-state index in [4.69, 9.17) is 9.59 Å². The molecule has 5 rings (SSSR count). The summed E-state index contributed by atoms with van der Waals surface area (Å²) in [7, 11) is -0.932. The third kappa shape index (κ3) is 5.42. The second-order valence-corrected chi connectivity index (χ2v) is 11.2. The molecule has 2 heterocycles. The molecule has 1 aliphatic heterocycles. The molecule has 11 heteroatoms. The van der Waals surface area contributed by atoms with Gasteiger partial charge in [-0.3, -0.25) is 14.4 Å². The van der Waals surface area contributed by atoms with E-state index in [9.17, 15) is 13.2 Å². The Kier molecular flexibility index (Phi) is 7.21. The highest BCUT2D eigenvalue weighted by Gasteiger charge is 2.25. The molecule has 3 aromatic carbocycles. The molecule has 1 aromatic heterocycles. The van der Waals surface area contributed by atoms with Crippen molar-refractivity contribution in [2.75, 3.05) is 45.7 Å². The van der Waals surface area contributed by atoms with Gasteiger partial charge in [-0.05, 0) is 67.2 Å². The van der Waals surface area contributed by atoms with Gasteiger partial charge in [0.1, 0.15) is 16.4 Å². The van der Waals surface area contributed by atoms with Crippen LogP contribution in [0.1, 0.15) is 21.7 Å². The number of rotatable bonds is 6. The minimum absolute atomic E-state index is 0.0902. The lowest BCUT2D eigenvalue weighted by Gasteiger charge is -2.34. The lowest BCUT2D eigenvalue weighted by molar-refractivity contribution is 0.101. The molecular weight excluding hydrogens is 516 g/mol. The van der Waals surface area contributed by atoms with Crippen LogP contribution in [0.25, 0.3) is 16.5 Å². The topological polar surface area (TPSA) is 121 Å². The highest BCUT2D eigenvalue weighted by molar-refractivity contribution is 7.86. The average Bonchev–Trinajstić information content (AvgIpc) is 3.34. The van der Waals surface area contributed by atoms with Gasteiger partial charge in [0.25, 0.3) is 16.0 Å². The van der Waals surface area contributed by atoms with E-state index >= 15 is 0 Å². The molecule has 0 unspecified atom stereocenters. The van der Waals surface area contributed by atoms with Crippen LogP contribution in [0.5, 0.6) is 0 Å². The predicted molar refractivity (Wildman–Crippen MR) is 150 cm³/mol. The van der Waals surface area contributed by atoms with E-state index < -0.39 is 16.0 Å². The van der Waals surface area contributed by atoms with E-state index in [-0.39, 0.29) is 16.3 Å². The lowest BCUT2D eigenvalue weighted by atomic mass is 10.1. The monoisotopic (exact) mass is 546 g/mol. The van der Waals surface area contributed by atoms with E-state index in [0.29, 0.717) is 22.6 Å². The Labute approximate surface area is 227 Å². The Hall–Kier alpha value is -4.06. The van der Waals surface area contributed by atoms with Crippen LogP contribution in [0.15, 0.2) is 71.6 Å². The minimum Gasteiger partial charge on any atom is -0.354 e. The number of hydrogen-bond acceptors (Lipinski definition) is 7. The van der Waals surface area contributed by atoms with E-state index in [1.54, 1.807) is 31.2 Å². The van der Waals surface area contributed by atoms with Gasteiger partial charge < -0.3 is 15.1 Å². The van der Waals surface area contributed by atoms with Gasteiger partial charge in [0.15, 0.2) is 0 Å². The summed E-state index contributed by atoms with van der Waals surface area (Å²) in [5, 5.41) is 17.4. The van der Waals surface area contributed by atoms with Crippen molar-refractivity contribution in [3.63, 3.8) is 0 Å². The number of benzene rings is 3. The standard InChI is InChI=1S/C28H30N6O4S/c1-19-16-25(28(35)30-23-10-8-20(9-11-23)27(29)33-14-12-32(2)13-15-33)34(31-19)24-17-21-6-4-5-7-22(21)18-26(24)39(36,37)38-3/h4-11,16-18,29H,12-15H2,1-3H3,(H,30,35). The highest BCUT2D eigenvalue weighted by Crippen LogP contribution is 2.29. The normalized spacial score (nSPS) is 14.5. The fourth-order valence-corrected chi connectivity index (χ4v) is 5.48. The van der Waals surface area contributed by atoms with E-state index in [1.807, 2.05) is 41.3 Å². The molecule has 39 heavy (non-hydrogen) atoms. The number of nitrogens with one attached hydrogen (secondary N) is 2. The van der Waals surface area contributed by atoms with Gasteiger partial charge in [0, 0.05) is 37.4 Å². The number of piperazine rings is 1. The van der Waals surface area contributed by atoms with Crippen LogP contribution < -0.4 is 5.32 Å². The molecule has 1 amide bonds. The maximum atomic E-state index is 13.4. The second-order valence-electron chi connectivity index (χ2n) is 9.54. The molecule has 0 bridgehead atoms. The zero-order valence-corrected chi connectivity index (χ0v) is 22.8. The molecule has 0 aliphatic carbocycles.